The molecule has 29 heavy (non-hydrogen) atoms. The second kappa shape index (κ2) is 10.7. The molecule has 7 heteroatoms. The minimum absolute atomic E-state index is 0.0840. The molecule has 158 valence electrons. The van der Waals surface area contributed by atoms with Crippen LogP contribution in [0.25, 0.3) is 0 Å². The Hall–Kier alpha value is -2.02. The minimum Gasteiger partial charge on any atom is -0.485 e. The first-order valence-electron chi connectivity index (χ1n) is 10.6. The number of nitrogens with zero attached hydrogens (tertiary/aromatic N) is 3. The van der Waals surface area contributed by atoms with Crippen molar-refractivity contribution in [3.63, 3.8) is 0 Å². The highest BCUT2D eigenvalue weighted by Gasteiger charge is 2.17. The lowest BCUT2D eigenvalue weighted by atomic mass is 10.1. The first kappa shape index (κ1) is 21.7. The Kier molecular flexibility index (Phi) is 7.98. The minimum atomic E-state index is 0.0840. The Labute approximate surface area is 177 Å². The van der Waals surface area contributed by atoms with Gasteiger partial charge in [0.2, 0.25) is 5.91 Å². The average Bonchev–Trinajstić information content (AvgIpc) is 2.92. The molecule has 0 saturated heterocycles. The number of hydrogen-bond donors (Lipinski definition) is 1. The highest BCUT2D eigenvalue weighted by molar-refractivity contribution is 7.99. The van der Waals surface area contributed by atoms with Gasteiger partial charge >= 0.3 is 0 Å². The van der Waals surface area contributed by atoms with E-state index >= 15 is 0 Å². The fourth-order valence-corrected chi connectivity index (χ4v) is 4.51. The lowest BCUT2D eigenvalue weighted by Gasteiger charge is -2.16. The maximum Gasteiger partial charge on any atom is 0.230 e. The van der Waals surface area contributed by atoms with Crippen molar-refractivity contribution in [2.24, 2.45) is 0 Å². The number of hydrogen-bond acceptors (Lipinski definition) is 5. The van der Waals surface area contributed by atoms with E-state index in [9.17, 15) is 4.79 Å². The van der Waals surface area contributed by atoms with Crippen molar-refractivity contribution in [2.45, 2.75) is 83.6 Å². The summed E-state index contributed by atoms with van der Waals surface area (Å²) in [5.41, 5.74) is 2.27. The molecule has 0 spiro atoms. The summed E-state index contributed by atoms with van der Waals surface area (Å²) >= 11 is 1.44. The molecule has 6 nitrogen and oxygen atoms in total. The van der Waals surface area contributed by atoms with Gasteiger partial charge in [-0.3, -0.25) is 4.79 Å². The van der Waals surface area contributed by atoms with Gasteiger partial charge in [-0.2, -0.15) is 0 Å². The van der Waals surface area contributed by atoms with E-state index in [4.69, 9.17) is 4.74 Å². The van der Waals surface area contributed by atoms with Crippen LogP contribution >= 0.6 is 11.8 Å². The van der Waals surface area contributed by atoms with Crippen LogP contribution in [0.4, 0.5) is 0 Å². The topological polar surface area (TPSA) is 69.0 Å². The number of rotatable bonds is 8. The number of nitrogens with one attached hydrogen (secondary N) is 1. The summed E-state index contributed by atoms with van der Waals surface area (Å²) in [4.78, 5) is 12.4. The predicted octanol–water partition coefficient (Wildman–Crippen LogP) is 4.42. The number of aromatic nitrogens is 3. The molecular weight excluding hydrogens is 384 g/mol. The van der Waals surface area contributed by atoms with Gasteiger partial charge in [-0.05, 0) is 50.8 Å². The number of benzene rings is 1. The first-order chi connectivity index (χ1) is 14.1. The molecule has 1 saturated carbocycles. The number of aryl methyl sites for hydroxylation is 2. The third-order valence-corrected chi connectivity index (χ3v) is 6.33. The number of carbonyl (C=O) groups excluding carboxylic acids is 1. The average molecular weight is 417 g/mol. The molecule has 0 atom stereocenters. The van der Waals surface area contributed by atoms with Gasteiger partial charge in [0, 0.05) is 12.6 Å². The molecule has 1 aliphatic carbocycles. The molecule has 1 heterocycles. The molecule has 0 bridgehead atoms. The molecule has 0 radical (unpaired) electrons. The Balaban J connectivity index is 1.54. The molecule has 1 amide bonds. The lowest BCUT2D eigenvalue weighted by molar-refractivity contribution is -0.119. The van der Waals surface area contributed by atoms with E-state index < -0.39 is 0 Å². The van der Waals surface area contributed by atoms with Gasteiger partial charge in [0.05, 0.1) is 5.75 Å². The van der Waals surface area contributed by atoms with E-state index in [0.717, 1.165) is 41.7 Å². The highest BCUT2D eigenvalue weighted by atomic mass is 32.2. The van der Waals surface area contributed by atoms with Crippen LogP contribution in [0.15, 0.2) is 23.4 Å². The van der Waals surface area contributed by atoms with Crippen LogP contribution in [0, 0.1) is 13.8 Å². The van der Waals surface area contributed by atoms with Gasteiger partial charge in [-0.15, -0.1) is 10.2 Å². The smallest absolute Gasteiger partial charge is 0.230 e. The number of carbonyl (C=O) groups is 1. The van der Waals surface area contributed by atoms with E-state index in [-0.39, 0.29) is 5.91 Å². The third-order valence-electron chi connectivity index (χ3n) is 5.36. The third kappa shape index (κ3) is 6.23. The molecule has 2 aromatic rings. The zero-order valence-electron chi connectivity index (χ0n) is 17.7. The zero-order valence-corrected chi connectivity index (χ0v) is 18.6. The molecule has 0 unspecified atom stereocenters. The van der Waals surface area contributed by atoms with Crippen LogP contribution in [-0.2, 0) is 17.9 Å². The van der Waals surface area contributed by atoms with Crippen LogP contribution in [0.3, 0.4) is 0 Å². The highest BCUT2D eigenvalue weighted by Crippen LogP contribution is 2.22. The fourth-order valence-electron chi connectivity index (χ4n) is 3.68. The van der Waals surface area contributed by atoms with Crippen molar-refractivity contribution in [1.82, 2.24) is 20.1 Å². The zero-order chi connectivity index (χ0) is 20.6. The Morgan fingerprint density at radius 2 is 1.97 bits per heavy atom. The number of amides is 1. The van der Waals surface area contributed by atoms with Crippen molar-refractivity contribution in [3.05, 3.63) is 35.2 Å². The monoisotopic (exact) mass is 416 g/mol. The van der Waals surface area contributed by atoms with Gasteiger partial charge in [0.1, 0.15) is 12.4 Å². The van der Waals surface area contributed by atoms with Gasteiger partial charge in [-0.1, -0.05) is 49.6 Å². The van der Waals surface area contributed by atoms with Crippen LogP contribution in [0.2, 0.25) is 0 Å². The fraction of sp³-hybridized carbons (Fsp3) is 0.591. The molecule has 1 fully saturated rings. The first-order valence-corrected chi connectivity index (χ1v) is 11.6. The summed E-state index contributed by atoms with van der Waals surface area (Å²) in [7, 11) is 0. The number of thioether (sulfide) groups is 1. The standard InChI is InChI=1S/C22H32N4O2S/c1-4-26-20(14-28-19-13-16(2)11-12-17(19)3)24-25-22(26)29-15-21(27)23-18-9-7-5-6-8-10-18/h11-13,18H,4-10,14-15H2,1-3H3,(H,23,27). The molecular formula is C22H32N4O2S. The summed E-state index contributed by atoms with van der Waals surface area (Å²) in [5, 5.41) is 12.5. The predicted molar refractivity (Wildman–Crippen MR) is 116 cm³/mol. The van der Waals surface area contributed by atoms with E-state index in [1.807, 2.05) is 17.6 Å². The Morgan fingerprint density at radius 1 is 1.21 bits per heavy atom. The van der Waals surface area contributed by atoms with E-state index in [1.165, 1.54) is 43.0 Å². The second-order valence-corrected chi connectivity index (χ2v) is 8.69. The molecule has 1 aromatic carbocycles. The molecule has 3 rings (SSSR count). The summed E-state index contributed by atoms with van der Waals surface area (Å²) in [6, 6.07) is 6.50. The van der Waals surface area contributed by atoms with E-state index in [0.29, 0.717) is 18.4 Å². The van der Waals surface area contributed by atoms with Crippen molar-refractivity contribution >= 4 is 17.7 Å². The van der Waals surface area contributed by atoms with Crippen molar-refractivity contribution in [3.8, 4) is 5.75 Å². The van der Waals surface area contributed by atoms with Crippen LogP contribution in [0.5, 0.6) is 5.75 Å². The molecule has 0 aliphatic heterocycles. The van der Waals surface area contributed by atoms with Crippen LogP contribution in [-0.4, -0.2) is 32.5 Å². The maximum atomic E-state index is 12.4. The van der Waals surface area contributed by atoms with Crippen LogP contribution in [0.1, 0.15) is 62.4 Å². The van der Waals surface area contributed by atoms with Crippen LogP contribution < -0.4 is 10.1 Å². The molecule has 1 aliphatic rings. The van der Waals surface area contributed by atoms with Gasteiger partial charge in [0.25, 0.3) is 0 Å². The lowest BCUT2D eigenvalue weighted by Crippen LogP contribution is -2.35. The maximum absolute atomic E-state index is 12.4. The SMILES string of the molecule is CCn1c(COc2cc(C)ccc2C)nnc1SCC(=O)NC1CCCCCC1. The van der Waals surface area contributed by atoms with E-state index in [1.54, 1.807) is 0 Å². The Morgan fingerprint density at radius 3 is 2.69 bits per heavy atom. The largest absolute Gasteiger partial charge is 0.485 e. The number of ether oxygens (including phenoxy) is 1. The summed E-state index contributed by atoms with van der Waals surface area (Å²) < 4.78 is 8.01. The summed E-state index contributed by atoms with van der Waals surface area (Å²) in [6.07, 6.45) is 7.20. The van der Waals surface area contributed by atoms with Gasteiger partial charge in [-0.25, -0.2) is 0 Å². The van der Waals surface area contributed by atoms with Crippen molar-refractivity contribution in [1.29, 1.82) is 0 Å². The van der Waals surface area contributed by atoms with Crippen molar-refractivity contribution in [2.75, 3.05) is 5.75 Å². The second-order valence-electron chi connectivity index (χ2n) is 7.75. The molecule has 1 aromatic heterocycles. The van der Waals surface area contributed by atoms with Gasteiger partial charge in [0.15, 0.2) is 11.0 Å². The van der Waals surface area contributed by atoms with Crippen molar-refractivity contribution < 1.29 is 9.53 Å². The normalized spacial score (nSPS) is 15.1. The van der Waals surface area contributed by atoms with E-state index in [2.05, 4.69) is 41.5 Å². The Bertz CT molecular complexity index is 813. The van der Waals surface area contributed by atoms with Gasteiger partial charge < -0.3 is 14.6 Å². The molecule has 1 N–H and O–H groups in total. The summed E-state index contributed by atoms with van der Waals surface area (Å²) in [5.74, 6) is 2.10. The summed E-state index contributed by atoms with van der Waals surface area (Å²) in [6.45, 7) is 7.24. The quantitative estimate of drug-likeness (QED) is 0.509.